The van der Waals surface area contributed by atoms with Gasteiger partial charge in [-0.25, -0.2) is 0 Å². The number of carbonyl (C=O) groups is 2. The summed E-state index contributed by atoms with van der Waals surface area (Å²) in [5.41, 5.74) is 4.68. The normalized spacial score (nSPS) is 20.8. The largest absolute Gasteiger partial charge is 0.511 e. The molecule has 212 valence electrons. The van der Waals surface area contributed by atoms with E-state index in [-0.39, 0.29) is 54.0 Å². The summed E-state index contributed by atoms with van der Waals surface area (Å²) in [4.78, 5) is 31.5. The zero-order valence-electron chi connectivity index (χ0n) is 23.5. The average Bonchev–Trinajstić information content (AvgIpc) is 3.44. The number of methoxy groups -OCH3 is 1. The maximum atomic E-state index is 13.5. The molecule has 0 amide bonds. The molecule has 3 aromatic carbocycles. The fourth-order valence-electron chi connectivity index (χ4n) is 6.03. The van der Waals surface area contributed by atoms with Crippen molar-refractivity contribution in [3.05, 3.63) is 124 Å². The Labute approximate surface area is 244 Å². The fourth-order valence-corrected chi connectivity index (χ4v) is 6.03. The number of Topliss-reactive ketones (excluding diaryl/α,β-unsaturated/α-hetero) is 2. The van der Waals surface area contributed by atoms with E-state index in [9.17, 15) is 14.7 Å². The van der Waals surface area contributed by atoms with Crippen molar-refractivity contribution in [2.24, 2.45) is 4.99 Å². The van der Waals surface area contributed by atoms with E-state index in [0.29, 0.717) is 53.4 Å². The second-order valence-corrected chi connectivity index (χ2v) is 10.9. The van der Waals surface area contributed by atoms with Crippen molar-refractivity contribution in [2.75, 3.05) is 7.11 Å². The molecule has 1 fully saturated rings. The Morgan fingerprint density at radius 1 is 0.857 bits per heavy atom. The monoisotopic (exact) mass is 560 g/mol. The predicted molar refractivity (Wildman–Crippen MR) is 160 cm³/mol. The van der Waals surface area contributed by atoms with Crippen molar-refractivity contribution in [1.29, 1.82) is 0 Å². The van der Waals surface area contributed by atoms with Crippen molar-refractivity contribution in [3.63, 3.8) is 0 Å². The number of aryl methyl sites for hydroxylation is 1. The first-order valence-electron chi connectivity index (χ1n) is 14.3. The Balaban J connectivity index is 1.26. The zero-order valence-corrected chi connectivity index (χ0v) is 23.5. The summed E-state index contributed by atoms with van der Waals surface area (Å²) in [6.45, 7) is 0. The van der Waals surface area contributed by atoms with Crippen LogP contribution in [0.2, 0.25) is 0 Å². The van der Waals surface area contributed by atoms with Gasteiger partial charge in [-0.15, -0.1) is 0 Å². The molecule has 0 bridgehead atoms. The van der Waals surface area contributed by atoms with Gasteiger partial charge >= 0.3 is 0 Å². The number of aliphatic hydroxyl groups excluding tert-OH is 1. The topological polar surface area (TPSA) is 102 Å². The number of nitrogens with zero attached hydrogens (tertiary/aromatic N) is 2. The van der Waals surface area contributed by atoms with Crippen LogP contribution in [0.3, 0.4) is 0 Å². The molecular weight excluding hydrogens is 528 g/mol. The van der Waals surface area contributed by atoms with Gasteiger partial charge in [-0.05, 0) is 53.6 Å². The highest BCUT2D eigenvalue weighted by atomic mass is 16.5. The minimum atomic E-state index is -0.149. The van der Waals surface area contributed by atoms with E-state index in [1.54, 1.807) is 7.11 Å². The van der Waals surface area contributed by atoms with Crippen LogP contribution in [0.4, 0.5) is 5.69 Å². The van der Waals surface area contributed by atoms with Gasteiger partial charge in [-0.1, -0.05) is 65.8 Å². The quantitative estimate of drug-likeness (QED) is 0.189. The molecule has 1 saturated carbocycles. The van der Waals surface area contributed by atoms with Crippen molar-refractivity contribution >= 4 is 23.0 Å². The van der Waals surface area contributed by atoms with Gasteiger partial charge in [0.2, 0.25) is 0 Å². The molecule has 7 heteroatoms. The Kier molecular flexibility index (Phi) is 7.82. The number of allylic oxidation sites excluding steroid dienone is 2. The van der Waals surface area contributed by atoms with E-state index in [1.165, 1.54) is 0 Å². The molecule has 2 unspecified atom stereocenters. The smallest absolute Gasteiger partial charge is 0.168 e. The van der Waals surface area contributed by atoms with Gasteiger partial charge in [0, 0.05) is 32.1 Å². The van der Waals surface area contributed by atoms with Crippen LogP contribution in [0, 0.1) is 0 Å². The average molecular weight is 561 g/mol. The Morgan fingerprint density at radius 3 is 2.12 bits per heavy atom. The highest BCUT2D eigenvalue weighted by Crippen LogP contribution is 2.37. The van der Waals surface area contributed by atoms with Crippen LogP contribution in [0.15, 0.2) is 106 Å². The molecular formula is C35H32N2O5. The van der Waals surface area contributed by atoms with Gasteiger partial charge in [-0.2, -0.15) is 0 Å². The van der Waals surface area contributed by atoms with E-state index in [0.717, 1.165) is 11.1 Å². The molecule has 0 radical (unpaired) electrons. The fraction of sp³-hybridized carbons (Fsp3) is 0.257. The Morgan fingerprint density at radius 2 is 1.48 bits per heavy atom. The minimum absolute atomic E-state index is 0.00491. The molecule has 42 heavy (non-hydrogen) atoms. The second-order valence-electron chi connectivity index (χ2n) is 10.9. The number of ketones is 2. The van der Waals surface area contributed by atoms with Crippen molar-refractivity contribution in [2.45, 2.75) is 50.4 Å². The lowest BCUT2D eigenvalue weighted by Crippen LogP contribution is -2.26. The summed E-state index contributed by atoms with van der Waals surface area (Å²) in [5, 5.41) is 15.5. The third-order valence-corrected chi connectivity index (χ3v) is 8.18. The SMILES string of the molecule is COc1ccc(N=C2CC(c3ccccc3)CC(=O)C2=C(O)CCc2noc3c2C(=O)CC(c2ccccc2)C3)cc1. The number of carbonyl (C=O) groups excluding carboxylic acids is 2. The molecule has 7 nitrogen and oxygen atoms in total. The molecule has 2 atom stereocenters. The molecule has 1 heterocycles. The van der Waals surface area contributed by atoms with Gasteiger partial charge in [0.1, 0.15) is 17.3 Å². The van der Waals surface area contributed by atoms with Gasteiger partial charge in [0.15, 0.2) is 11.6 Å². The lowest BCUT2D eigenvalue weighted by molar-refractivity contribution is -0.116. The lowest BCUT2D eigenvalue weighted by atomic mass is 9.78. The molecule has 0 spiro atoms. The van der Waals surface area contributed by atoms with Gasteiger partial charge in [0.05, 0.1) is 35.3 Å². The molecule has 1 aromatic heterocycles. The summed E-state index contributed by atoms with van der Waals surface area (Å²) in [6.07, 6.45) is 2.21. The Bertz CT molecular complexity index is 1650. The molecule has 2 aliphatic carbocycles. The number of hydrogen-bond donors (Lipinski definition) is 1. The summed E-state index contributed by atoms with van der Waals surface area (Å²) in [7, 11) is 1.60. The maximum absolute atomic E-state index is 13.5. The van der Waals surface area contributed by atoms with Gasteiger partial charge < -0.3 is 14.4 Å². The number of aromatic nitrogens is 1. The van der Waals surface area contributed by atoms with Gasteiger partial charge in [-0.3, -0.25) is 14.6 Å². The molecule has 0 aliphatic heterocycles. The number of aliphatic imine (C=N–C) groups is 1. The molecule has 0 saturated heterocycles. The first kappa shape index (κ1) is 27.4. The Hall–Kier alpha value is -4.78. The summed E-state index contributed by atoms with van der Waals surface area (Å²) < 4.78 is 10.9. The highest BCUT2D eigenvalue weighted by Gasteiger charge is 2.34. The zero-order chi connectivity index (χ0) is 29.1. The van der Waals surface area contributed by atoms with Crippen LogP contribution in [0.1, 0.15) is 70.5 Å². The van der Waals surface area contributed by atoms with Crippen LogP contribution in [0.25, 0.3) is 0 Å². The highest BCUT2D eigenvalue weighted by molar-refractivity contribution is 6.25. The van der Waals surface area contributed by atoms with E-state index >= 15 is 0 Å². The lowest BCUT2D eigenvalue weighted by Gasteiger charge is -2.26. The van der Waals surface area contributed by atoms with Crippen molar-refractivity contribution in [1.82, 2.24) is 5.16 Å². The van der Waals surface area contributed by atoms with Crippen LogP contribution >= 0.6 is 0 Å². The van der Waals surface area contributed by atoms with Crippen LogP contribution in [-0.4, -0.2) is 34.7 Å². The van der Waals surface area contributed by atoms with Gasteiger partial charge in [0.25, 0.3) is 0 Å². The van der Waals surface area contributed by atoms with Crippen LogP contribution < -0.4 is 4.74 Å². The number of benzene rings is 3. The van der Waals surface area contributed by atoms with E-state index in [1.807, 2.05) is 84.9 Å². The van der Waals surface area contributed by atoms with E-state index < -0.39 is 0 Å². The third-order valence-electron chi connectivity index (χ3n) is 8.18. The minimum Gasteiger partial charge on any atom is -0.511 e. The van der Waals surface area contributed by atoms with Crippen molar-refractivity contribution < 1.29 is 24.0 Å². The second kappa shape index (κ2) is 12.0. The predicted octanol–water partition coefficient (Wildman–Crippen LogP) is 7.26. The number of rotatable bonds is 7. The maximum Gasteiger partial charge on any atom is 0.168 e. The molecule has 2 aliphatic rings. The molecule has 4 aromatic rings. The first-order valence-corrected chi connectivity index (χ1v) is 14.3. The van der Waals surface area contributed by atoms with E-state index in [4.69, 9.17) is 14.3 Å². The number of hydrogen-bond acceptors (Lipinski definition) is 7. The first-order chi connectivity index (χ1) is 20.5. The van der Waals surface area contributed by atoms with Crippen LogP contribution in [-0.2, 0) is 17.6 Å². The standard InChI is InChI=1S/C35H32N2O5/c1-41-27-14-12-26(13-15-27)36-29-18-24(22-8-4-2-5-9-22)19-31(39)34(29)30(38)17-16-28-35-32(40)20-25(21-33(35)42-37-28)23-10-6-3-7-11-23/h2-15,24-25,38H,16-21H2,1H3. The number of ether oxygens (including phenoxy) is 1. The summed E-state index contributed by atoms with van der Waals surface area (Å²) in [6, 6.07) is 27.1. The molecule has 1 N–H and O–H groups in total. The van der Waals surface area contributed by atoms with E-state index in [2.05, 4.69) is 5.16 Å². The summed E-state index contributed by atoms with van der Waals surface area (Å²) in [5.74, 6) is 1.12. The molecule has 6 rings (SSSR count). The van der Waals surface area contributed by atoms with Crippen LogP contribution in [0.5, 0.6) is 5.75 Å². The summed E-state index contributed by atoms with van der Waals surface area (Å²) >= 11 is 0. The van der Waals surface area contributed by atoms with Crippen molar-refractivity contribution in [3.8, 4) is 5.75 Å². The number of aliphatic hydroxyl groups is 1. The third kappa shape index (κ3) is 5.68. The number of fused-ring (bicyclic) bond motifs is 1.